The number of carbonyl (C=O) groups excluding carboxylic acids is 2. The van der Waals surface area contributed by atoms with Crippen LogP contribution >= 0.6 is 0 Å². The maximum atomic E-state index is 13.3. The van der Waals surface area contributed by atoms with Crippen LogP contribution in [0.4, 0.5) is 0 Å². The number of fused-ring (bicyclic) bond motifs is 1. The van der Waals surface area contributed by atoms with Crippen LogP contribution in [0.3, 0.4) is 0 Å². The number of rotatable bonds is 5. The van der Waals surface area contributed by atoms with Crippen LogP contribution in [0.1, 0.15) is 36.1 Å². The molecule has 0 bridgehead atoms. The highest BCUT2D eigenvalue weighted by molar-refractivity contribution is 6.10. The second-order valence-electron chi connectivity index (χ2n) is 8.36. The molecule has 1 atom stereocenters. The minimum atomic E-state index is -0.403. The number of hydrogen-bond acceptors (Lipinski definition) is 4. The zero-order chi connectivity index (χ0) is 24.2. The first-order valence-corrected chi connectivity index (χ1v) is 11.5. The van der Waals surface area contributed by atoms with Gasteiger partial charge in [-0.25, -0.2) is 5.01 Å². The van der Waals surface area contributed by atoms with Gasteiger partial charge in [0, 0.05) is 30.4 Å². The van der Waals surface area contributed by atoms with E-state index in [2.05, 4.69) is 0 Å². The van der Waals surface area contributed by atoms with Crippen molar-refractivity contribution in [3.8, 4) is 5.75 Å². The third-order valence-corrected chi connectivity index (χ3v) is 5.97. The van der Waals surface area contributed by atoms with Gasteiger partial charge in [0.2, 0.25) is 0 Å². The van der Waals surface area contributed by atoms with Crippen LogP contribution in [0.2, 0.25) is 0 Å². The summed E-state index contributed by atoms with van der Waals surface area (Å²) < 4.78 is 5.68. The molecule has 0 saturated carbocycles. The van der Waals surface area contributed by atoms with Crippen LogP contribution in [0.5, 0.6) is 5.75 Å². The van der Waals surface area contributed by atoms with Gasteiger partial charge in [0.15, 0.2) is 0 Å². The molecule has 5 heteroatoms. The van der Waals surface area contributed by atoms with Crippen molar-refractivity contribution in [1.82, 2.24) is 5.01 Å². The molecule has 0 N–H and O–H groups in total. The third kappa shape index (κ3) is 4.75. The molecular formula is C30H24N2O3. The lowest BCUT2D eigenvalue weighted by Gasteiger charge is -2.20. The Morgan fingerprint density at radius 2 is 1.57 bits per heavy atom. The highest BCUT2D eigenvalue weighted by Gasteiger charge is 2.33. The minimum Gasteiger partial charge on any atom is -0.425 e. The van der Waals surface area contributed by atoms with Crippen molar-refractivity contribution >= 4 is 34.4 Å². The molecule has 0 spiro atoms. The summed E-state index contributed by atoms with van der Waals surface area (Å²) in [5, 5.41) is 8.07. The smallest absolute Gasteiger partial charge is 0.308 e. The number of hydrazone groups is 1. The van der Waals surface area contributed by atoms with Crippen LogP contribution in [0.25, 0.3) is 16.8 Å². The Kier molecular flexibility index (Phi) is 6.22. The van der Waals surface area contributed by atoms with Gasteiger partial charge in [-0.05, 0) is 28.7 Å². The maximum absolute atomic E-state index is 13.3. The lowest BCUT2D eigenvalue weighted by molar-refractivity contribution is -0.132. The van der Waals surface area contributed by atoms with Crippen molar-refractivity contribution < 1.29 is 14.3 Å². The number of amides is 1. The Morgan fingerprint density at radius 1 is 0.886 bits per heavy atom. The summed E-state index contributed by atoms with van der Waals surface area (Å²) >= 11 is 0. The zero-order valence-corrected chi connectivity index (χ0v) is 19.3. The fourth-order valence-corrected chi connectivity index (χ4v) is 4.34. The number of benzene rings is 4. The largest absolute Gasteiger partial charge is 0.425 e. The van der Waals surface area contributed by atoms with Gasteiger partial charge in [-0.3, -0.25) is 9.59 Å². The van der Waals surface area contributed by atoms with Gasteiger partial charge in [0.1, 0.15) is 5.75 Å². The Bertz CT molecular complexity index is 1440. The molecule has 0 aliphatic carbocycles. The van der Waals surface area contributed by atoms with Gasteiger partial charge in [-0.2, -0.15) is 5.10 Å². The Hall–Kier alpha value is -4.51. The Labute approximate surface area is 204 Å². The highest BCUT2D eigenvalue weighted by Crippen LogP contribution is 2.38. The average molecular weight is 461 g/mol. The summed E-state index contributed by atoms with van der Waals surface area (Å²) in [5.74, 6) is -0.151. The van der Waals surface area contributed by atoms with E-state index in [-0.39, 0.29) is 11.9 Å². The van der Waals surface area contributed by atoms with Crippen LogP contribution in [0, 0.1) is 0 Å². The molecule has 5 nitrogen and oxygen atoms in total. The SMILES string of the molecule is CC(=O)Oc1c(C2=NN(C(=O)/C=C/c3ccccc3)C(c3ccccc3)C2)ccc2ccccc12. The number of carbonyl (C=O) groups is 2. The highest BCUT2D eigenvalue weighted by atomic mass is 16.5. The number of esters is 1. The molecule has 1 aliphatic rings. The molecule has 1 aliphatic heterocycles. The quantitative estimate of drug-likeness (QED) is 0.204. The molecule has 35 heavy (non-hydrogen) atoms. The summed E-state index contributed by atoms with van der Waals surface area (Å²) in [4.78, 5) is 25.3. The van der Waals surface area contributed by atoms with Crippen LogP contribution < -0.4 is 4.74 Å². The second kappa shape index (κ2) is 9.77. The molecule has 1 amide bonds. The maximum Gasteiger partial charge on any atom is 0.308 e. The number of hydrogen-bond donors (Lipinski definition) is 0. The Balaban J connectivity index is 1.57. The fourth-order valence-electron chi connectivity index (χ4n) is 4.34. The monoisotopic (exact) mass is 460 g/mol. The van der Waals surface area contributed by atoms with Gasteiger partial charge in [0.05, 0.1) is 11.8 Å². The summed E-state index contributed by atoms with van der Waals surface area (Å²) in [5.41, 5.74) is 3.33. The van der Waals surface area contributed by atoms with Crippen molar-refractivity contribution in [1.29, 1.82) is 0 Å². The lowest BCUT2D eigenvalue weighted by atomic mass is 9.96. The van der Waals surface area contributed by atoms with E-state index in [1.807, 2.05) is 97.1 Å². The molecule has 1 heterocycles. The summed E-state index contributed by atoms with van der Waals surface area (Å²) in [6.07, 6.45) is 3.84. The second-order valence-corrected chi connectivity index (χ2v) is 8.36. The summed E-state index contributed by atoms with van der Waals surface area (Å²) in [6, 6.07) is 30.9. The van der Waals surface area contributed by atoms with Crippen LogP contribution in [0.15, 0.2) is 108 Å². The van der Waals surface area contributed by atoms with Crippen molar-refractivity contribution in [2.45, 2.75) is 19.4 Å². The number of ether oxygens (including phenoxy) is 1. The van der Waals surface area contributed by atoms with E-state index in [4.69, 9.17) is 9.84 Å². The molecule has 5 rings (SSSR count). The van der Waals surface area contributed by atoms with Crippen molar-refractivity contribution in [3.63, 3.8) is 0 Å². The van der Waals surface area contributed by atoms with Gasteiger partial charge in [-0.1, -0.05) is 91.0 Å². The zero-order valence-electron chi connectivity index (χ0n) is 19.3. The molecule has 172 valence electrons. The predicted molar refractivity (Wildman–Crippen MR) is 138 cm³/mol. The lowest BCUT2D eigenvalue weighted by Crippen LogP contribution is -2.25. The van der Waals surface area contributed by atoms with Crippen molar-refractivity contribution in [2.24, 2.45) is 5.10 Å². The van der Waals surface area contributed by atoms with E-state index < -0.39 is 5.97 Å². The first-order chi connectivity index (χ1) is 17.1. The van der Waals surface area contributed by atoms with Gasteiger partial charge < -0.3 is 4.74 Å². The minimum absolute atomic E-state index is 0.215. The van der Waals surface area contributed by atoms with Gasteiger partial charge >= 0.3 is 5.97 Å². The van der Waals surface area contributed by atoms with E-state index >= 15 is 0 Å². The molecule has 0 fully saturated rings. The van der Waals surface area contributed by atoms with Crippen molar-refractivity contribution in [2.75, 3.05) is 0 Å². The van der Waals surface area contributed by atoms with Crippen LogP contribution in [-0.2, 0) is 9.59 Å². The standard InChI is InChI=1S/C30H24N2O3/c1-21(33)35-30-25-15-9-8-12-23(25)17-18-26(30)27-20-28(24-13-6-3-7-14-24)32(31-27)29(34)19-16-22-10-4-2-5-11-22/h2-19,28H,20H2,1H3/b19-16+. The molecule has 0 radical (unpaired) electrons. The first-order valence-electron chi connectivity index (χ1n) is 11.5. The molecule has 1 unspecified atom stereocenters. The normalized spacial score (nSPS) is 15.4. The summed E-state index contributed by atoms with van der Waals surface area (Å²) in [7, 11) is 0. The average Bonchev–Trinajstić information content (AvgIpc) is 3.34. The third-order valence-electron chi connectivity index (χ3n) is 5.97. The van der Waals surface area contributed by atoms with Gasteiger partial charge in [0.25, 0.3) is 5.91 Å². The predicted octanol–water partition coefficient (Wildman–Crippen LogP) is 6.16. The fraction of sp³-hybridized carbons (Fsp3) is 0.100. The molecule has 4 aromatic rings. The van der Waals surface area contributed by atoms with E-state index in [0.717, 1.165) is 21.9 Å². The molecule has 4 aromatic carbocycles. The van der Waals surface area contributed by atoms with Gasteiger partial charge in [-0.15, -0.1) is 0 Å². The topological polar surface area (TPSA) is 59.0 Å². The first kappa shape index (κ1) is 22.3. The van der Waals surface area contributed by atoms with E-state index in [1.165, 1.54) is 11.9 Å². The molecular weight excluding hydrogens is 436 g/mol. The van der Waals surface area contributed by atoms with Crippen molar-refractivity contribution in [3.05, 3.63) is 120 Å². The van der Waals surface area contributed by atoms with E-state index in [0.29, 0.717) is 23.4 Å². The molecule has 0 aromatic heterocycles. The Morgan fingerprint density at radius 3 is 2.31 bits per heavy atom. The number of nitrogens with zero attached hydrogens (tertiary/aromatic N) is 2. The van der Waals surface area contributed by atoms with E-state index in [9.17, 15) is 9.59 Å². The van der Waals surface area contributed by atoms with Crippen LogP contribution in [-0.4, -0.2) is 22.6 Å². The van der Waals surface area contributed by atoms with E-state index in [1.54, 1.807) is 12.2 Å². The summed E-state index contributed by atoms with van der Waals surface area (Å²) in [6.45, 7) is 1.39. The molecule has 0 saturated heterocycles.